The fraction of sp³-hybridized carbons (Fsp3) is 0.312. The van der Waals surface area contributed by atoms with Crippen molar-refractivity contribution in [1.82, 2.24) is 25.0 Å². The van der Waals surface area contributed by atoms with Crippen LogP contribution >= 0.6 is 23.1 Å². The summed E-state index contributed by atoms with van der Waals surface area (Å²) >= 11 is 2.68. The van der Waals surface area contributed by atoms with Gasteiger partial charge < -0.3 is 9.30 Å². The molecule has 10 heteroatoms. The second kappa shape index (κ2) is 8.28. The van der Waals surface area contributed by atoms with Gasteiger partial charge in [-0.3, -0.25) is 10.1 Å². The number of aromatic nitrogens is 5. The highest BCUT2D eigenvalue weighted by atomic mass is 32.2. The molecule has 3 rings (SSSR count). The lowest BCUT2D eigenvalue weighted by Crippen LogP contribution is -2.24. The molecule has 0 saturated carbocycles. The second-order valence-corrected chi connectivity index (χ2v) is 7.49. The molecular weight excluding hydrogens is 372 g/mol. The number of methoxy groups -OCH3 is 1. The Bertz CT molecular complexity index is 894. The van der Waals surface area contributed by atoms with Gasteiger partial charge in [-0.05, 0) is 18.6 Å². The summed E-state index contributed by atoms with van der Waals surface area (Å²) in [6.45, 7) is 1.95. The van der Waals surface area contributed by atoms with Crippen LogP contribution in [-0.2, 0) is 11.8 Å². The number of aryl methyl sites for hydroxylation is 1. The van der Waals surface area contributed by atoms with E-state index >= 15 is 0 Å². The molecule has 0 radical (unpaired) electrons. The number of hydrogen-bond acceptors (Lipinski definition) is 8. The maximum absolute atomic E-state index is 12.6. The molecule has 0 fully saturated rings. The van der Waals surface area contributed by atoms with E-state index in [1.165, 1.54) is 23.1 Å². The van der Waals surface area contributed by atoms with Crippen LogP contribution in [0, 0.1) is 0 Å². The Hall–Kier alpha value is -2.46. The number of ether oxygens (including phenoxy) is 1. The molecule has 0 spiro atoms. The third kappa shape index (κ3) is 4.02. The zero-order valence-electron chi connectivity index (χ0n) is 14.5. The fourth-order valence-electron chi connectivity index (χ4n) is 2.22. The summed E-state index contributed by atoms with van der Waals surface area (Å²) in [7, 11) is 3.45. The number of rotatable bonds is 7. The maximum Gasteiger partial charge on any atom is 0.239 e. The molecule has 1 aromatic carbocycles. The van der Waals surface area contributed by atoms with E-state index in [-0.39, 0.29) is 11.2 Å². The Kier molecular flexibility index (Phi) is 5.84. The van der Waals surface area contributed by atoms with Crippen molar-refractivity contribution < 1.29 is 9.53 Å². The summed E-state index contributed by atoms with van der Waals surface area (Å²) in [6, 6.07) is 7.56. The Morgan fingerprint density at radius 3 is 2.85 bits per heavy atom. The standard InChI is InChI=1S/C16H18N6O2S2/c1-4-12(25-16-21-17-9-22(16)2)13(23)18-15-20-19-14(26-15)10-7-5-6-8-11(10)24-3/h5-9,12H,4H2,1-3H3,(H,18,20,23). The van der Waals surface area contributed by atoms with Crippen LogP contribution in [0.25, 0.3) is 10.6 Å². The zero-order chi connectivity index (χ0) is 18.5. The van der Waals surface area contributed by atoms with E-state index in [4.69, 9.17) is 4.74 Å². The SMILES string of the molecule is CCC(Sc1nncn1C)C(=O)Nc1nnc(-c2ccccc2OC)s1. The van der Waals surface area contributed by atoms with Gasteiger partial charge in [-0.25, -0.2) is 0 Å². The summed E-state index contributed by atoms with van der Waals surface area (Å²) < 4.78 is 7.13. The summed E-state index contributed by atoms with van der Waals surface area (Å²) in [5.74, 6) is 0.578. The second-order valence-electron chi connectivity index (χ2n) is 5.34. The number of para-hydroxylation sites is 1. The Labute approximate surface area is 159 Å². The molecule has 1 N–H and O–H groups in total. The zero-order valence-corrected chi connectivity index (χ0v) is 16.2. The van der Waals surface area contributed by atoms with Crippen LogP contribution in [0.1, 0.15) is 13.3 Å². The van der Waals surface area contributed by atoms with E-state index in [1.807, 2.05) is 38.2 Å². The molecule has 0 aliphatic carbocycles. The normalized spacial score (nSPS) is 12.0. The van der Waals surface area contributed by atoms with Crippen molar-refractivity contribution in [1.29, 1.82) is 0 Å². The van der Waals surface area contributed by atoms with Gasteiger partial charge in [0, 0.05) is 7.05 Å². The Morgan fingerprint density at radius 1 is 1.35 bits per heavy atom. The van der Waals surface area contributed by atoms with Crippen LogP contribution < -0.4 is 10.1 Å². The molecule has 0 aliphatic rings. The predicted octanol–water partition coefficient (Wildman–Crippen LogP) is 2.85. The molecule has 0 saturated heterocycles. The first kappa shape index (κ1) is 18.3. The van der Waals surface area contributed by atoms with Crippen LogP contribution in [-0.4, -0.2) is 43.2 Å². The number of anilines is 1. The van der Waals surface area contributed by atoms with Crippen LogP contribution in [0.5, 0.6) is 5.75 Å². The van der Waals surface area contributed by atoms with E-state index in [0.29, 0.717) is 27.5 Å². The van der Waals surface area contributed by atoms with Crippen molar-refractivity contribution >= 4 is 34.1 Å². The van der Waals surface area contributed by atoms with Gasteiger partial charge in [0.1, 0.15) is 12.1 Å². The van der Waals surface area contributed by atoms with Gasteiger partial charge in [0.15, 0.2) is 10.2 Å². The van der Waals surface area contributed by atoms with Crippen molar-refractivity contribution in [3.8, 4) is 16.3 Å². The highest BCUT2D eigenvalue weighted by Crippen LogP contribution is 2.33. The number of nitrogens with one attached hydrogen (secondary N) is 1. The average molecular weight is 390 g/mol. The van der Waals surface area contributed by atoms with Gasteiger partial charge in [-0.2, -0.15) is 0 Å². The highest BCUT2D eigenvalue weighted by Gasteiger charge is 2.22. The van der Waals surface area contributed by atoms with Gasteiger partial charge in [0.05, 0.1) is 17.9 Å². The number of thioether (sulfide) groups is 1. The third-order valence-electron chi connectivity index (χ3n) is 3.57. The van der Waals surface area contributed by atoms with Crippen LogP contribution in [0.4, 0.5) is 5.13 Å². The number of amides is 1. The van der Waals surface area contributed by atoms with E-state index in [9.17, 15) is 4.79 Å². The Balaban J connectivity index is 1.71. The molecule has 2 aromatic heterocycles. The largest absolute Gasteiger partial charge is 0.496 e. The average Bonchev–Trinajstić information content (AvgIpc) is 3.28. The predicted molar refractivity (Wildman–Crippen MR) is 101 cm³/mol. The van der Waals surface area contributed by atoms with Crippen LogP contribution in [0.3, 0.4) is 0 Å². The molecular formula is C16H18N6O2S2. The smallest absolute Gasteiger partial charge is 0.239 e. The van der Waals surface area contributed by atoms with Gasteiger partial charge in [-0.15, -0.1) is 20.4 Å². The number of carbonyl (C=O) groups excluding carboxylic acids is 1. The summed E-state index contributed by atoms with van der Waals surface area (Å²) in [4.78, 5) is 12.6. The molecule has 8 nitrogen and oxygen atoms in total. The molecule has 0 aliphatic heterocycles. The third-order valence-corrected chi connectivity index (χ3v) is 5.86. The van der Waals surface area contributed by atoms with E-state index in [2.05, 4.69) is 25.7 Å². The molecule has 1 unspecified atom stereocenters. The Morgan fingerprint density at radius 2 is 2.15 bits per heavy atom. The minimum Gasteiger partial charge on any atom is -0.496 e. The minimum atomic E-state index is -0.295. The first-order chi connectivity index (χ1) is 12.6. The first-order valence-corrected chi connectivity index (χ1v) is 9.60. The lowest BCUT2D eigenvalue weighted by molar-refractivity contribution is -0.115. The van der Waals surface area contributed by atoms with E-state index < -0.39 is 0 Å². The fourth-order valence-corrected chi connectivity index (χ4v) is 3.89. The number of benzene rings is 1. The van der Waals surface area contributed by atoms with Crippen molar-refractivity contribution in [3.63, 3.8) is 0 Å². The molecule has 2 heterocycles. The first-order valence-electron chi connectivity index (χ1n) is 7.90. The number of carbonyl (C=O) groups is 1. The van der Waals surface area contributed by atoms with E-state index in [0.717, 1.165) is 5.56 Å². The number of nitrogens with zero attached hydrogens (tertiary/aromatic N) is 5. The summed E-state index contributed by atoms with van der Waals surface area (Å²) in [6.07, 6.45) is 2.26. The maximum atomic E-state index is 12.6. The monoisotopic (exact) mass is 390 g/mol. The lowest BCUT2D eigenvalue weighted by Gasteiger charge is -2.12. The van der Waals surface area contributed by atoms with Gasteiger partial charge >= 0.3 is 0 Å². The molecule has 136 valence electrons. The van der Waals surface area contributed by atoms with Crippen molar-refractivity contribution in [3.05, 3.63) is 30.6 Å². The van der Waals surface area contributed by atoms with E-state index in [1.54, 1.807) is 18.0 Å². The van der Waals surface area contributed by atoms with Crippen LogP contribution in [0.15, 0.2) is 35.7 Å². The van der Waals surface area contributed by atoms with Crippen molar-refractivity contribution in [2.45, 2.75) is 23.8 Å². The molecule has 1 atom stereocenters. The summed E-state index contributed by atoms with van der Waals surface area (Å²) in [5, 5.41) is 20.5. The van der Waals surface area contributed by atoms with Crippen molar-refractivity contribution in [2.24, 2.45) is 7.05 Å². The molecule has 3 aromatic rings. The summed E-state index contributed by atoms with van der Waals surface area (Å²) in [5.41, 5.74) is 0.841. The quantitative estimate of drug-likeness (QED) is 0.620. The van der Waals surface area contributed by atoms with Gasteiger partial charge in [0.25, 0.3) is 0 Å². The molecule has 26 heavy (non-hydrogen) atoms. The topological polar surface area (TPSA) is 94.8 Å². The van der Waals surface area contributed by atoms with Gasteiger partial charge in [0.2, 0.25) is 11.0 Å². The lowest BCUT2D eigenvalue weighted by atomic mass is 10.2. The van der Waals surface area contributed by atoms with Crippen LogP contribution in [0.2, 0.25) is 0 Å². The number of hydrogen-bond donors (Lipinski definition) is 1. The van der Waals surface area contributed by atoms with Gasteiger partial charge in [-0.1, -0.05) is 42.2 Å². The highest BCUT2D eigenvalue weighted by molar-refractivity contribution is 8.00. The van der Waals surface area contributed by atoms with Crippen molar-refractivity contribution in [2.75, 3.05) is 12.4 Å². The molecule has 1 amide bonds. The minimum absolute atomic E-state index is 0.136. The molecule has 0 bridgehead atoms.